The predicted molar refractivity (Wildman–Crippen MR) is 98.5 cm³/mol. The standard InChI is InChI=1S/C19H14BrN3O/c1-24-15-8-4-12(5-9-15)16-10-18(23-19(22)17(16)11-21)13-2-6-14(20)7-3-13/h2-10H,1H3,(H2,22,23). The van der Waals surface area contributed by atoms with Crippen LogP contribution in [0.25, 0.3) is 22.4 Å². The largest absolute Gasteiger partial charge is 0.497 e. The Morgan fingerprint density at radius 2 is 1.67 bits per heavy atom. The summed E-state index contributed by atoms with van der Waals surface area (Å²) in [4.78, 5) is 4.38. The van der Waals surface area contributed by atoms with Gasteiger partial charge >= 0.3 is 0 Å². The van der Waals surface area contributed by atoms with E-state index in [2.05, 4.69) is 27.0 Å². The SMILES string of the molecule is COc1ccc(-c2cc(-c3ccc(Br)cc3)nc(N)c2C#N)cc1. The van der Waals surface area contributed by atoms with Crippen LogP contribution in [0.15, 0.2) is 59.1 Å². The van der Waals surface area contributed by atoms with Gasteiger partial charge in [0.1, 0.15) is 23.2 Å². The maximum Gasteiger partial charge on any atom is 0.142 e. The number of nitrogens with two attached hydrogens (primary N) is 1. The van der Waals surface area contributed by atoms with Crippen molar-refractivity contribution in [1.82, 2.24) is 4.98 Å². The second-order valence-corrected chi connectivity index (χ2v) is 6.08. The van der Waals surface area contributed by atoms with Gasteiger partial charge < -0.3 is 10.5 Å². The lowest BCUT2D eigenvalue weighted by Gasteiger charge is -2.11. The summed E-state index contributed by atoms with van der Waals surface area (Å²) in [6.07, 6.45) is 0. The Kier molecular flexibility index (Phi) is 4.50. The molecule has 0 aliphatic rings. The minimum Gasteiger partial charge on any atom is -0.497 e. The number of rotatable bonds is 3. The number of benzene rings is 2. The fraction of sp³-hybridized carbons (Fsp3) is 0.0526. The zero-order valence-electron chi connectivity index (χ0n) is 13.0. The highest BCUT2D eigenvalue weighted by Crippen LogP contribution is 2.32. The van der Waals surface area contributed by atoms with Crippen molar-refractivity contribution in [2.75, 3.05) is 12.8 Å². The normalized spacial score (nSPS) is 10.2. The van der Waals surface area contributed by atoms with E-state index in [1.165, 1.54) is 0 Å². The van der Waals surface area contributed by atoms with E-state index < -0.39 is 0 Å². The first-order valence-electron chi connectivity index (χ1n) is 7.23. The second-order valence-electron chi connectivity index (χ2n) is 5.16. The van der Waals surface area contributed by atoms with E-state index in [1.807, 2.05) is 54.6 Å². The molecule has 118 valence electrons. The summed E-state index contributed by atoms with van der Waals surface area (Å²) < 4.78 is 6.17. The first-order valence-corrected chi connectivity index (χ1v) is 8.02. The number of anilines is 1. The first-order chi connectivity index (χ1) is 11.6. The van der Waals surface area contributed by atoms with Crippen LogP contribution in [-0.4, -0.2) is 12.1 Å². The molecule has 0 amide bonds. The quantitative estimate of drug-likeness (QED) is 0.719. The topological polar surface area (TPSA) is 71.9 Å². The number of aromatic nitrogens is 1. The molecule has 0 fully saturated rings. The van der Waals surface area contributed by atoms with Crippen molar-refractivity contribution in [2.24, 2.45) is 0 Å². The third-order valence-electron chi connectivity index (χ3n) is 3.70. The van der Waals surface area contributed by atoms with Crippen molar-refractivity contribution in [3.63, 3.8) is 0 Å². The molecule has 1 aromatic heterocycles. The Hall–Kier alpha value is -2.84. The van der Waals surface area contributed by atoms with Crippen LogP contribution < -0.4 is 10.5 Å². The van der Waals surface area contributed by atoms with E-state index in [0.29, 0.717) is 5.56 Å². The molecule has 0 saturated carbocycles. The Morgan fingerprint density at radius 3 is 2.25 bits per heavy atom. The zero-order valence-corrected chi connectivity index (χ0v) is 14.5. The highest BCUT2D eigenvalue weighted by molar-refractivity contribution is 9.10. The van der Waals surface area contributed by atoms with Crippen LogP contribution in [0, 0.1) is 11.3 Å². The van der Waals surface area contributed by atoms with Gasteiger partial charge in [0.2, 0.25) is 0 Å². The molecule has 1 heterocycles. The molecule has 3 aromatic rings. The molecule has 0 bridgehead atoms. The average molecular weight is 380 g/mol. The number of nitrogens with zero attached hydrogens (tertiary/aromatic N) is 2. The number of halogens is 1. The Morgan fingerprint density at radius 1 is 1.04 bits per heavy atom. The molecule has 2 N–H and O–H groups in total. The van der Waals surface area contributed by atoms with E-state index in [4.69, 9.17) is 10.5 Å². The highest BCUT2D eigenvalue weighted by atomic mass is 79.9. The molecule has 0 spiro atoms. The van der Waals surface area contributed by atoms with Gasteiger partial charge in [-0.1, -0.05) is 40.2 Å². The Labute approximate surface area is 148 Å². The molecule has 4 nitrogen and oxygen atoms in total. The van der Waals surface area contributed by atoms with Crippen LogP contribution in [0.2, 0.25) is 0 Å². The molecule has 0 aliphatic carbocycles. The maximum atomic E-state index is 9.46. The number of methoxy groups -OCH3 is 1. The highest BCUT2D eigenvalue weighted by Gasteiger charge is 2.13. The minimum absolute atomic E-state index is 0.226. The van der Waals surface area contributed by atoms with Crippen LogP contribution in [0.3, 0.4) is 0 Å². The molecule has 0 atom stereocenters. The molecular formula is C19H14BrN3O. The van der Waals surface area contributed by atoms with Gasteiger partial charge in [0.05, 0.1) is 12.8 Å². The lowest BCUT2D eigenvalue weighted by Crippen LogP contribution is -1.99. The van der Waals surface area contributed by atoms with Crippen LogP contribution >= 0.6 is 15.9 Å². The molecule has 0 unspecified atom stereocenters. The summed E-state index contributed by atoms with van der Waals surface area (Å²) in [7, 11) is 1.62. The summed E-state index contributed by atoms with van der Waals surface area (Å²) in [5, 5.41) is 9.46. The van der Waals surface area contributed by atoms with Crippen molar-refractivity contribution in [1.29, 1.82) is 5.26 Å². The van der Waals surface area contributed by atoms with Gasteiger partial charge in [-0.05, 0) is 35.9 Å². The number of ether oxygens (including phenoxy) is 1. The van der Waals surface area contributed by atoms with Gasteiger partial charge in [0, 0.05) is 15.6 Å². The van der Waals surface area contributed by atoms with Crippen molar-refractivity contribution < 1.29 is 4.74 Å². The predicted octanol–water partition coefficient (Wildman–Crippen LogP) is 4.64. The summed E-state index contributed by atoms with van der Waals surface area (Å²) in [5.41, 5.74) is 9.71. The Balaban J connectivity index is 2.16. The lowest BCUT2D eigenvalue weighted by atomic mass is 9.98. The summed E-state index contributed by atoms with van der Waals surface area (Å²) in [6, 6.07) is 19.3. The number of nitrogen functional groups attached to an aromatic ring is 1. The minimum atomic E-state index is 0.226. The molecule has 0 aliphatic heterocycles. The molecule has 0 saturated heterocycles. The summed E-state index contributed by atoms with van der Waals surface area (Å²) in [6.45, 7) is 0. The molecule has 0 radical (unpaired) electrons. The lowest BCUT2D eigenvalue weighted by molar-refractivity contribution is 0.415. The number of nitriles is 1. The monoisotopic (exact) mass is 379 g/mol. The Bertz CT molecular complexity index is 913. The third-order valence-corrected chi connectivity index (χ3v) is 4.23. The van der Waals surface area contributed by atoms with Gasteiger partial charge in [0.15, 0.2) is 0 Å². The third kappa shape index (κ3) is 3.10. The van der Waals surface area contributed by atoms with Crippen molar-refractivity contribution in [2.45, 2.75) is 0 Å². The molecule has 24 heavy (non-hydrogen) atoms. The van der Waals surface area contributed by atoms with Crippen LogP contribution in [0.4, 0.5) is 5.82 Å². The van der Waals surface area contributed by atoms with Gasteiger partial charge in [-0.25, -0.2) is 4.98 Å². The fourth-order valence-electron chi connectivity index (χ4n) is 2.45. The molecular weight excluding hydrogens is 366 g/mol. The maximum absolute atomic E-state index is 9.46. The van der Waals surface area contributed by atoms with Crippen molar-refractivity contribution in [3.8, 4) is 34.2 Å². The molecule has 5 heteroatoms. The number of pyridine rings is 1. The van der Waals surface area contributed by atoms with Gasteiger partial charge in [0.25, 0.3) is 0 Å². The first kappa shape index (κ1) is 16.0. The van der Waals surface area contributed by atoms with Crippen LogP contribution in [-0.2, 0) is 0 Å². The van der Waals surface area contributed by atoms with E-state index in [0.717, 1.165) is 32.6 Å². The average Bonchev–Trinajstić information content (AvgIpc) is 2.61. The van der Waals surface area contributed by atoms with E-state index >= 15 is 0 Å². The van der Waals surface area contributed by atoms with E-state index in [9.17, 15) is 5.26 Å². The number of hydrogen-bond donors (Lipinski definition) is 1. The number of hydrogen-bond acceptors (Lipinski definition) is 4. The second kappa shape index (κ2) is 6.73. The van der Waals surface area contributed by atoms with Gasteiger partial charge in [-0.2, -0.15) is 5.26 Å². The summed E-state index contributed by atoms with van der Waals surface area (Å²) in [5.74, 6) is 0.983. The molecule has 3 rings (SSSR count). The van der Waals surface area contributed by atoms with Crippen molar-refractivity contribution in [3.05, 3.63) is 64.6 Å². The molecule has 2 aromatic carbocycles. The van der Waals surface area contributed by atoms with Crippen LogP contribution in [0.5, 0.6) is 5.75 Å². The smallest absolute Gasteiger partial charge is 0.142 e. The summed E-state index contributed by atoms with van der Waals surface area (Å²) >= 11 is 3.42. The zero-order chi connectivity index (χ0) is 17.1. The van der Waals surface area contributed by atoms with Gasteiger partial charge in [-0.15, -0.1) is 0 Å². The van der Waals surface area contributed by atoms with E-state index in [1.54, 1.807) is 7.11 Å². The van der Waals surface area contributed by atoms with E-state index in [-0.39, 0.29) is 5.82 Å². The fourth-order valence-corrected chi connectivity index (χ4v) is 2.71. The van der Waals surface area contributed by atoms with Crippen LogP contribution in [0.1, 0.15) is 5.56 Å². The van der Waals surface area contributed by atoms with Gasteiger partial charge in [-0.3, -0.25) is 0 Å². The van der Waals surface area contributed by atoms with Crippen molar-refractivity contribution >= 4 is 21.7 Å².